The van der Waals surface area contributed by atoms with E-state index in [1.807, 2.05) is 12.1 Å². The van der Waals surface area contributed by atoms with E-state index in [0.29, 0.717) is 3.92 Å². The molecule has 0 spiro atoms. The van der Waals surface area contributed by atoms with Gasteiger partial charge in [-0.25, -0.2) is 0 Å². The second-order valence-electron chi connectivity index (χ2n) is 4.14. The number of likely N-dealkylation sites (N-methyl/N-ethyl adjacent to an activating group) is 1. The summed E-state index contributed by atoms with van der Waals surface area (Å²) in [5.41, 5.74) is 2.60. The Kier molecular flexibility index (Phi) is 3.37. The Bertz CT molecular complexity index is 408. The minimum Gasteiger partial charge on any atom is -0.530 e. The first-order chi connectivity index (χ1) is 7.59. The van der Waals surface area contributed by atoms with Crippen molar-refractivity contribution >= 4 is 28.7 Å². The van der Waals surface area contributed by atoms with E-state index in [0.717, 1.165) is 12.8 Å². The lowest BCUT2D eigenvalue weighted by Gasteiger charge is -2.37. The molecule has 1 aromatic carbocycles. The average Bonchev–Trinajstić information content (AvgIpc) is 2.27. The number of carbonyl (C=O) groups excluding carboxylic acids is 1. The van der Waals surface area contributed by atoms with Crippen LogP contribution in [0.3, 0.4) is 0 Å². The quantitative estimate of drug-likeness (QED) is 0.574. The molecule has 16 heavy (non-hydrogen) atoms. The lowest BCUT2D eigenvalue weighted by Crippen LogP contribution is -2.51. The summed E-state index contributed by atoms with van der Waals surface area (Å²) >= 11 is 2.33. The maximum atomic E-state index is 10.9. The molecule has 0 fully saturated rings. The molecule has 2 unspecified atom stereocenters. The van der Waals surface area contributed by atoms with Crippen LogP contribution in [0, 0.1) is 0 Å². The van der Waals surface area contributed by atoms with Gasteiger partial charge in [0, 0.05) is 17.0 Å². The summed E-state index contributed by atoms with van der Waals surface area (Å²) in [6.07, 6.45) is 0.624. The highest BCUT2D eigenvalue weighted by Crippen LogP contribution is 2.28. The van der Waals surface area contributed by atoms with Crippen LogP contribution in [0.1, 0.15) is 11.1 Å². The van der Waals surface area contributed by atoms with Crippen LogP contribution in [0.2, 0.25) is 0 Å². The van der Waals surface area contributed by atoms with Crippen molar-refractivity contribution in [3.63, 3.8) is 0 Å². The Hall–Kier alpha value is -0.780. The molecule has 3 nitrogen and oxygen atoms in total. The van der Waals surface area contributed by atoms with E-state index in [-0.39, 0.29) is 6.04 Å². The molecule has 0 radical (unpaired) electrons. The minimum absolute atomic E-state index is 0.0282. The molecule has 1 amide bonds. The summed E-state index contributed by atoms with van der Waals surface area (Å²) in [5.74, 6) is 0. The Balaban J connectivity index is 2.24. The summed E-state index contributed by atoms with van der Waals surface area (Å²) in [7, 11) is 1.60. The molecule has 0 bridgehead atoms. The van der Waals surface area contributed by atoms with Gasteiger partial charge in [0.15, 0.2) is 0 Å². The molecule has 1 aliphatic rings. The van der Waals surface area contributed by atoms with E-state index in [4.69, 9.17) is 0 Å². The zero-order chi connectivity index (χ0) is 11.7. The van der Waals surface area contributed by atoms with Crippen LogP contribution in [-0.4, -0.2) is 28.0 Å². The number of benzene rings is 1. The molecule has 0 aromatic heterocycles. The van der Waals surface area contributed by atoms with Crippen molar-refractivity contribution in [3.05, 3.63) is 35.4 Å². The monoisotopic (exact) mass is 330 g/mol. The van der Waals surface area contributed by atoms with Crippen LogP contribution >= 0.6 is 22.6 Å². The van der Waals surface area contributed by atoms with E-state index >= 15 is 0 Å². The normalized spacial score (nSPS) is 23.6. The predicted molar refractivity (Wildman–Crippen MR) is 68.6 cm³/mol. The average molecular weight is 330 g/mol. The van der Waals surface area contributed by atoms with Crippen LogP contribution in [-0.2, 0) is 12.8 Å². The second kappa shape index (κ2) is 4.61. The largest absolute Gasteiger partial charge is 0.530 e. The third kappa shape index (κ3) is 2.16. The Labute approximate surface area is 109 Å². The maximum Gasteiger partial charge on any atom is 0.136 e. The fraction of sp³-hybridized carbons (Fsp3) is 0.417. The lowest BCUT2D eigenvalue weighted by atomic mass is 9.88. The number of halogens is 1. The van der Waals surface area contributed by atoms with Crippen molar-refractivity contribution in [2.75, 3.05) is 7.05 Å². The fourth-order valence-corrected chi connectivity index (χ4v) is 3.38. The number of rotatable bonds is 1. The Morgan fingerprint density at radius 3 is 2.50 bits per heavy atom. The van der Waals surface area contributed by atoms with Crippen LogP contribution < -0.4 is 5.11 Å². The molecule has 1 aliphatic carbocycles. The predicted octanol–water partition coefficient (Wildman–Crippen LogP) is 1.23. The molecule has 2 atom stereocenters. The van der Waals surface area contributed by atoms with Gasteiger partial charge in [-0.2, -0.15) is 0 Å². The van der Waals surface area contributed by atoms with Crippen molar-refractivity contribution in [1.29, 1.82) is 0 Å². The van der Waals surface area contributed by atoms with Crippen molar-refractivity contribution < 1.29 is 9.90 Å². The summed E-state index contributed by atoms with van der Waals surface area (Å²) in [4.78, 5) is 12.2. The summed E-state index contributed by atoms with van der Waals surface area (Å²) < 4.78 is 0.315. The number of amides is 1. The van der Waals surface area contributed by atoms with Gasteiger partial charge in [-0.3, -0.25) is 0 Å². The third-order valence-corrected chi connectivity index (χ3v) is 4.44. The number of fused-ring (bicyclic) bond motifs is 1. The van der Waals surface area contributed by atoms with Gasteiger partial charge in [0.25, 0.3) is 0 Å². The number of nitrogens with zero attached hydrogens (tertiary/aromatic N) is 1. The standard InChI is InChI=1S/C12H14INO2/c1-14(12(15)16)11-7-9-5-3-2-4-8(9)6-10(11)13/h2-5,10-11H,6-7H2,1H3,(H,15,16)/p-1. The van der Waals surface area contributed by atoms with E-state index in [2.05, 4.69) is 34.7 Å². The SMILES string of the molecule is CN(C(=O)[O-])C1Cc2ccccc2CC1I. The number of alkyl halides is 1. The van der Waals surface area contributed by atoms with Gasteiger partial charge < -0.3 is 14.8 Å². The fourth-order valence-electron chi connectivity index (χ4n) is 2.17. The van der Waals surface area contributed by atoms with Gasteiger partial charge in [-0.1, -0.05) is 46.9 Å². The molecule has 0 aliphatic heterocycles. The maximum absolute atomic E-state index is 10.9. The first-order valence-electron chi connectivity index (χ1n) is 5.24. The van der Waals surface area contributed by atoms with Crippen molar-refractivity contribution in [2.24, 2.45) is 0 Å². The molecule has 2 rings (SSSR count). The van der Waals surface area contributed by atoms with Gasteiger partial charge in [-0.15, -0.1) is 0 Å². The molecule has 0 N–H and O–H groups in total. The highest BCUT2D eigenvalue weighted by Gasteiger charge is 2.29. The van der Waals surface area contributed by atoms with Gasteiger partial charge >= 0.3 is 0 Å². The molecule has 0 saturated heterocycles. The summed E-state index contributed by atoms with van der Waals surface area (Å²) in [5, 5.41) is 10.9. The number of carboxylic acid groups (broad SMARTS) is 1. The van der Waals surface area contributed by atoms with Crippen molar-refractivity contribution in [1.82, 2.24) is 4.90 Å². The van der Waals surface area contributed by atoms with Crippen LogP contribution in [0.15, 0.2) is 24.3 Å². The highest BCUT2D eigenvalue weighted by molar-refractivity contribution is 14.1. The van der Waals surface area contributed by atoms with E-state index in [1.54, 1.807) is 7.05 Å². The molecule has 0 saturated carbocycles. The molecule has 4 heteroatoms. The van der Waals surface area contributed by atoms with E-state index in [1.165, 1.54) is 16.0 Å². The highest BCUT2D eigenvalue weighted by atomic mass is 127. The molecular formula is C12H13INO2-. The second-order valence-corrected chi connectivity index (χ2v) is 5.74. The number of carbonyl (C=O) groups is 1. The third-order valence-electron chi connectivity index (χ3n) is 3.17. The topological polar surface area (TPSA) is 43.4 Å². The number of hydrogen-bond donors (Lipinski definition) is 0. The van der Waals surface area contributed by atoms with Gasteiger partial charge in [-0.05, 0) is 24.0 Å². The molecule has 1 aromatic rings. The van der Waals surface area contributed by atoms with Crippen LogP contribution in [0.25, 0.3) is 0 Å². The molecular weight excluding hydrogens is 317 g/mol. The minimum atomic E-state index is -1.09. The Morgan fingerprint density at radius 2 is 1.94 bits per heavy atom. The summed E-state index contributed by atoms with van der Waals surface area (Å²) in [6, 6.07) is 8.26. The van der Waals surface area contributed by atoms with Crippen molar-refractivity contribution in [2.45, 2.75) is 22.8 Å². The first-order valence-corrected chi connectivity index (χ1v) is 6.49. The lowest BCUT2D eigenvalue weighted by molar-refractivity contribution is -0.266. The zero-order valence-electron chi connectivity index (χ0n) is 9.02. The van der Waals surface area contributed by atoms with Crippen molar-refractivity contribution in [3.8, 4) is 0 Å². The van der Waals surface area contributed by atoms with Gasteiger partial charge in [0.2, 0.25) is 0 Å². The van der Waals surface area contributed by atoms with Crippen LogP contribution in [0.4, 0.5) is 4.79 Å². The van der Waals surface area contributed by atoms with Crippen LogP contribution in [0.5, 0.6) is 0 Å². The number of hydrogen-bond acceptors (Lipinski definition) is 2. The smallest absolute Gasteiger partial charge is 0.136 e. The Morgan fingerprint density at radius 1 is 1.38 bits per heavy atom. The van der Waals surface area contributed by atoms with E-state index < -0.39 is 6.09 Å². The van der Waals surface area contributed by atoms with Gasteiger partial charge in [0.05, 0.1) is 0 Å². The van der Waals surface area contributed by atoms with E-state index in [9.17, 15) is 9.90 Å². The van der Waals surface area contributed by atoms with Gasteiger partial charge in [0.1, 0.15) is 6.09 Å². The summed E-state index contributed by atoms with van der Waals surface area (Å²) in [6.45, 7) is 0. The molecule has 86 valence electrons. The zero-order valence-corrected chi connectivity index (χ0v) is 11.2. The molecule has 0 heterocycles. The first kappa shape index (κ1) is 11.7.